The number of ether oxygens (including phenoxy) is 1. The minimum Gasteiger partial charge on any atom is -0.459 e. The number of esters is 1. The molecule has 1 N–H and O–H groups in total. The molecule has 2 aromatic heterocycles. The Morgan fingerprint density at radius 3 is 2.69 bits per heavy atom. The first kappa shape index (κ1) is 20.2. The van der Waals surface area contributed by atoms with Crippen LogP contribution in [-0.4, -0.2) is 29.2 Å². The van der Waals surface area contributed by atoms with Gasteiger partial charge in [0.25, 0.3) is 10.0 Å². The van der Waals surface area contributed by atoms with Crippen LogP contribution in [0.4, 0.5) is 5.00 Å². The molecular weight excluding hydrogens is 430 g/mol. The van der Waals surface area contributed by atoms with Gasteiger partial charge in [0.05, 0.1) is 17.3 Å². The predicted octanol–water partition coefficient (Wildman–Crippen LogP) is 4.66. The van der Waals surface area contributed by atoms with Crippen molar-refractivity contribution in [1.29, 1.82) is 0 Å². The molecule has 0 amide bonds. The highest BCUT2D eigenvalue weighted by Gasteiger charge is 2.28. The second-order valence-electron chi connectivity index (χ2n) is 7.15. The number of hydrogen-bond acceptors (Lipinski definition) is 8. The number of fused-ring (bicyclic) bond motifs is 1. The van der Waals surface area contributed by atoms with Crippen LogP contribution in [0, 0.1) is 13.8 Å². The number of hydrogen-bond donors (Lipinski definition) is 1. The summed E-state index contributed by atoms with van der Waals surface area (Å²) in [5.74, 6) is -0.468. The number of carbonyl (C=O) groups excluding carboxylic acids is 1. The van der Waals surface area contributed by atoms with E-state index in [0.29, 0.717) is 16.6 Å². The Kier molecular flexibility index (Phi) is 5.58. The van der Waals surface area contributed by atoms with Gasteiger partial charge in [-0.25, -0.2) is 13.2 Å². The minimum atomic E-state index is -3.95. The van der Waals surface area contributed by atoms with Crippen molar-refractivity contribution in [1.82, 2.24) is 8.75 Å². The lowest BCUT2D eigenvalue weighted by Gasteiger charge is -2.22. The maximum Gasteiger partial charge on any atom is 0.341 e. The molecule has 1 aliphatic rings. The molecule has 1 aromatic carbocycles. The molecule has 0 radical (unpaired) electrons. The number of nitrogens with zero attached hydrogens (tertiary/aromatic N) is 2. The highest BCUT2D eigenvalue weighted by atomic mass is 32.2. The standard InChI is InChI=1S/C19H21N3O4S3/c1-11-12(2)27-18(16(11)19(23)26-13-7-4-3-5-8-13)22-29(24,25)15-10-6-9-14-17(15)21-28-20-14/h6,9-10,13,22H,3-5,7-8H2,1-2H3. The second-order valence-corrected chi connectivity index (χ2v) is 10.6. The molecular formula is C19H21N3O4S3. The summed E-state index contributed by atoms with van der Waals surface area (Å²) < 4.78 is 42.7. The predicted molar refractivity (Wildman–Crippen MR) is 114 cm³/mol. The van der Waals surface area contributed by atoms with E-state index in [1.54, 1.807) is 12.1 Å². The largest absolute Gasteiger partial charge is 0.459 e. The summed E-state index contributed by atoms with van der Waals surface area (Å²) in [6, 6.07) is 4.82. The molecule has 3 aromatic rings. The van der Waals surface area contributed by atoms with Crippen molar-refractivity contribution in [2.45, 2.75) is 57.0 Å². The highest BCUT2D eigenvalue weighted by molar-refractivity contribution is 7.93. The number of sulfonamides is 1. The highest BCUT2D eigenvalue weighted by Crippen LogP contribution is 2.36. The Labute approximate surface area is 177 Å². The van der Waals surface area contributed by atoms with Gasteiger partial charge in [0.2, 0.25) is 0 Å². The number of aromatic nitrogens is 2. The number of carbonyl (C=O) groups is 1. The molecule has 154 valence electrons. The van der Waals surface area contributed by atoms with Crippen molar-refractivity contribution < 1.29 is 17.9 Å². The van der Waals surface area contributed by atoms with Crippen LogP contribution in [0.15, 0.2) is 23.1 Å². The molecule has 29 heavy (non-hydrogen) atoms. The van der Waals surface area contributed by atoms with E-state index in [-0.39, 0.29) is 16.0 Å². The topological polar surface area (TPSA) is 98.3 Å². The lowest BCUT2D eigenvalue weighted by atomic mass is 9.98. The zero-order valence-corrected chi connectivity index (χ0v) is 18.5. The summed E-state index contributed by atoms with van der Waals surface area (Å²) in [5, 5.41) is 0.279. The van der Waals surface area contributed by atoms with E-state index >= 15 is 0 Å². The van der Waals surface area contributed by atoms with Crippen LogP contribution in [0.25, 0.3) is 11.0 Å². The first-order valence-corrected chi connectivity index (χ1v) is 12.4. The minimum absolute atomic E-state index is 0.0408. The fraction of sp³-hybridized carbons (Fsp3) is 0.421. The molecule has 4 rings (SSSR count). The number of rotatable bonds is 5. The molecule has 0 bridgehead atoms. The number of aryl methyl sites for hydroxylation is 1. The van der Waals surface area contributed by atoms with Crippen LogP contribution in [0.2, 0.25) is 0 Å². The summed E-state index contributed by atoms with van der Waals surface area (Å²) in [4.78, 5) is 13.8. The molecule has 2 heterocycles. The van der Waals surface area contributed by atoms with Crippen molar-refractivity contribution in [2.75, 3.05) is 4.72 Å². The van der Waals surface area contributed by atoms with Crippen molar-refractivity contribution in [3.05, 3.63) is 34.2 Å². The molecule has 1 aliphatic carbocycles. The zero-order valence-electron chi connectivity index (χ0n) is 16.1. The molecule has 1 fully saturated rings. The fourth-order valence-electron chi connectivity index (χ4n) is 3.51. The summed E-state index contributed by atoms with van der Waals surface area (Å²) in [6.45, 7) is 3.67. The van der Waals surface area contributed by atoms with Crippen molar-refractivity contribution in [3.8, 4) is 0 Å². The normalized spacial score (nSPS) is 15.5. The van der Waals surface area contributed by atoms with Gasteiger partial charge in [-0.15, -0.1) is 11.3 Å². The summed E-state index contributed by atoms with van der Waals surface area (Å²) >= 11 is 2.20. The molecule has 0 aliphatic heterocycles. The van der Waals surface area contributed by atoms with Crippen LogP contribution >= 0.6 is 23.1 Å². The average Bonchev–Trinajstić information content (AvgIpc) is 3.26. The van der Waals surface area contributed by atoms with E-state index < -0.39 is 16.0 Å². The quantitative estimate of drug-likeness (QED) is 0.567. The molecule has 7 nitrogen and oxygen atoms in total. The average molecular weight is 452 g/mol. The van der Waals surface area contributed by atoms with Gasteiger partial charge in [0, 0.05) is 4.88 Å². The van der Waals surface area contributed by atoms with Crippen LogP contribution in [-0.2, 0) is 14.8 Å². The van der Waals surface area contributed by atoms with E-state index in [1.807, 2.05) is 13.8 Å². The number of anilines is 1. The van der Waals surface area contributed by atoms with Crippen LogP contribution in [0.5, 0.6) is 0 Å². The van der Waals surface area contributed by atoms with Crippen molar-refractivity contribution in [2.24, 2.45) is 0 Å². The van der Waals surface area contributed by atoms with E-state index in [9.17, 15) is 13.2 Å². The molecule has 0 atom stereocenters. The molecule has 10 heteroatoms. The SMILES string of the molecule is Cc1sc(NS(=O)(=O)c2cccc3nsnc23)c(C(=O)OC2CCCCC2)c1C. The van der Waals surface area contributed by atoms with E-state index in [0.717, 1.165) is 54.3 Å². The van der Waals surface area contributed by atoms with Gasteiger partial charge >= 0.3 is 5.97 Å². The Morgan fingerprint density at radius 1 is 1.17 bits per heavy atom. The fourth-order valence-corrected chi connectivity index (χ4v) is 6.63. The maximum absolute atomic E-state index is 13.1. The van der Waals surface area contributed by atoms with Gasteiger partial charge in [-0.1, -0.05) is 12.5 Å². The van der Waals surface area contributed by atoms with Crippen LogP contribution in [0.3, 0.4) is 0 Å². The van der Waals surface area contributed by atoms with Gasteiger partial charge in [-0.05, 0) is 57.2 Å². The first-order chi connectivity index (χ1) is 13.9. The van der Waals surface area contributed by atoms with E-state index in [2.05, 4.69) is 13.5 Å². The molecule has 0 spiro atoms. The van der Waals surface area contributed by atoms with Gasteiger partial charge in [-0.2, -0.15) is 8.75 Å². The molecule has 0 unspecified atom stereocenters. The van der Waals surface area contributed by atoms with Crippen molar-refractivity contribution in [3.63, 3.8) is 0 Å². The van der Waals surface area contributed by atoms with Gasteiger partial charge < -0.3 is 4.74 Å². The number of nitrogens with one attached hydrogen (secondary N) is 1. The van der Waals surface area contributed by atoms with Crippen LogP contribution in [0.1, 0.15) is 52.9 Å². The van der Waals surface area contributed by atoms with Crippen molar-refractivity contribution >= 4 is 55.1 Å². The Balaban J connectivity index is 1.66. The summed E-state index contributed by atoms with van der Waals surface area (Å²) in [6.07, 6.45) is 4.86. The first-order valence-electron chi connectivity index (χ1n) is 9.42. The van der Waals surface area contributed by atoms with Gasteiger partial charge in [-0.3, -0.25) is 4.72 Å². The lowest BCUT2D eigenvalue weighted by molar-refractivity contribution is 0.0212. The Hall–Kier alpha value is -2.04. The number of thiophene rings is 1. The second kappa shape index (κ2) is 8.00. The smallest absolute Gasteiger partial charge is 0.341 e. The number of benzene rings is 1. The Morgan fingerprint density at radius 2 is 1.93 bits per heavy atom. The third-order valence-electron chi connectivity index (χ3n) is 5.18. The van der Waals surface area contributed by atoms with Gasteiger partial charge in [0.15, 0.2) is 0 Å². The summed E-state index contributed by atoms with van der Waals surface area (Å²) in [5.41, 5.74) is 1.88. The summed E-state index contributed by atoms with van der Waals surface area (Å²) in [7, 11) is -3.95. The molecule has 1 saturated carbocycles. The maximum atomic E-state index is 13.1. The monoisotopic (exact) mass is 451 g/mol. The zero-order chi connectivity index (χ0) is 20.6. The third-order valence-corrected chi connectivity index (χ3v) is 8.36. The Bertz CT molecular complexity index is 1160. The van der Waals surface area contributed by atoms with E-state index in [4.69, 9.17) is 4.74 Å². The van der Waals surface area contributed by atoms with Gasteiger partial charge in [0.1, 0.15) is 27.0 Å². The lowest BCUT2D eigenvalue weighted by Crippen LogP contribution is -2.22. The van der Waals surface area contributed by atoms with Crippen LogP contribution < -0.4 is 4.72 Å². The molecule has 0 saturated heterocycles. The third kappa shape index (κ3) is 4.01. The van der Waals surface area contributed by atoms with E-state index in [1.165, 1.54) is 17.4 Å².